The van der Waals surface area contributed by atoms with Crippen LogP contribution in [0.5, 0.6) is 5.88 Å². The Morgan fingerprint density at radius 2 is 2.42 bits per heavy atom. The highest BCUT2D eigenvalue weighted by Gasteiger charge is 2.20. The van der Waals surface area contributed by atoms with E-state index < -0.39 is 0 Å². The first-order valence-corrected chi connectivity index (χ1v) is 6.77. The smallest absolute Gasteiger partial charge is 0.251 e. The molecular weight excluding hydrogens is 244 g/mol. The lowest BCUT2D eigenvalue weighted by atomic mass is 9.96. The molecule has 0 radical (unpaired) electrons. The molecule has 1 aromatic rings. The van der Waals surface area contributed by atoms with E-state index in [-0.39, 0.29) is 24.7 Å². The van der Waals surface area contributed by atoms with E-state index in [9.17, 15) is 4.79 Å². The Kier molecular flexibility index (Phi) is 4.74. The van der Waals surface area contributed by atoms with Crippen LogP contribution in [-0.4, -0.2) is 34.8 Å². The van der Waals surface area contributed by atoms with Gasteiger partial charge in [-0.25, -0.2) is 4.98 Å². The van der Waals surface area contributed by atoms with Crippen molar-refractivity contribution in [3.05, 3.63) is 23.9 Å². The van der Waals surface area contributed by atoms with Crippen LogP contribution in [0.4, 0.5) is 0 Å². The number of carbonyl (C=O) groups excluding carboxylic acids is 1. The van der Waals surface area contributed by atoms with Gasteiger partial charge in [-0.3, -0.25) is 4.79 Å². The average molecular weight is 264 g/mol. The Bertz CT molecular complexity index is 428. The van der Waals surface area contributed by atoms with Gasteiger partial charge in [0.1, 0.15) is 6.10 Å². The van der Waals surface area contributed by atoms with Gasteiger partial charge in [-0.05, 0) is 31.7 Å². The molecule has 1 amide bonds. The monoisotopic (exact) mass is 264 g/mol. The van der Waals surface area contributed by atoms with Crippen molar-refractivity contribution < 1.29 is 14.6 Å². The van der Waals surface area contributed by atoms with Crippen molar-refractivity contribution in [2.75, 3.05) is 6.61 Å². The van der Waals surface area contributed by atoms with Crippen LogP contribution in [0.3, 0.4) is 0 Å². The molecule has 104 valence electrons. The van der Waals surface area contributed by atoms with Gasteiger partial charge < -0.3 is 15.2 Å². The summed E-state index contributed by atoms with van der Waals surface area (Å²) in [5, 5.41) is 11.9. The van der Waals surface area contributed by atoms with Crippen molar-refractivity contribution in [1.82, 2.24) is 10.3 Å². The van der Waals surface area contributed by atoms with Crippen molar-refractivity contribution in [3.63, 3.8) is 0 Å². The number of pyridine rings is 1. The van der Waals surface area contributed by atoms with Crippen LogP contribution in [-0.2, 0) is 0 Å². The van der Waals surface area contributed by atoms with E-state index in [1.165, 1.54) is 6.42 Å². The maximum Gasteiger partial charge on any atom is 0.251 e. The van der Waals surface area contributed by atoms with Gasteiger partial charge in [0.15, 0.2) is 0 Å². The number of aliphatic hydroxyl groups is 1. The highest BCUT2D eigenvalue weighted by atomic mass is 16.5. The fourth-order valence-electron chi connectivity index (χ4n) is 1.82. The van der Waals surface area contributed by atoms with Gasteiger partial charge in [0, 0.05) is 17.8 Å². The largest absolute Gasteiger partial charge is 0.474 e. The normalized spacial score (nSPS) is 16.5. The molecule has 0 spiro atoms. The van der Waals surface area contributed by atoms with Crippen LogP contribution in [0, 0.1) is 0 Å². The number of hydrogen-bond acceptors (Lipinski definition) is 4. The molecule has 19 heavy (non-hydrogen) atoms. The van der Waals surface area contributed by atoms with Crippen molar-refractivity contribution >= 4 is 5.91 Å². The number of aromatic nitrogens is 1. The van der Waals surface area contributed by atoms with E-state index in [0.717, 1.165) is 12.8 Å². The second-order valence-electron chi connectivity index (χ2n) is 4.81. The summed E-state index contributed by atoms with van der Waals surface area (Å²) in [4.78, 5) is 16.1. The standard InChI is InChI=1S/C14H20N2O3/c1-2-11(9-17)16-14(18)10-6-7-15-13(8-10)19-12-4-3-5-12/h6-8,11-12,17H,2-5,9H2,1H3,(H,16,18). The van der Waals surface area contributed by atoms with E-state index in [1.807, 2.05) is 6.92 Å². The maximum absolute atomic E-state index is 12.0. The minimum atomic E-state index is -0.211. The van der Waals surface area contributed by atoms with Gasteiger partial charge in [0.2, 0.25) is 5.88 Å². The first-order chi connectivity index (χ1) is 9.22. The number of carbonyl (C=O) groups is 1. The Balaban J connectivity index is 1.98. The molecule has 0 aromatic carbocycles. The molecule has 1 unspecified atom stereocenters. The number of nitrogens with one attached hydrogen (secondary N) is 1. The maximum atomic E-state index is 12.0. The Morgan fingerprint density at radius 1 is 1.63 bits per heavy atom. The number of nitrogens with zero attached hydrogens (tertiary/aromatic N) is 1. The van der Waals surface area contributed by atoms with Crippen LogP contribution in [0.1, 0.15) is 43.0 Å². The van der Waals surface area contributed by atoms with Crippen molar-refractivity contribution in [2.24, 2.45) is 0 Å². The lowest BCUT2D eigenvalue weighted by Gasteiger charge is -2.25. The Hall–Kier alpha value is -1.62. The quantitative estimate of drug-likeness (QED) is 0.817. The molecule has 1 heterocycles. The molecule has 1 aliphatic rings. The van der Waals surface area contributed by atoms with Crippen molar-refractivity contribution in [3.8, 4) is 5.88 Å². The summed E-state index contributed by atoms with van der Waals surface area (Å²) in [6.45, 7) is 1.86. The van der Waals surface area contributed by atoms with Crippen LogP contribution in [0.25, 0.3) is 0 Å². The van der Waals surface area contributed by atoms with Crippen molar-refractivity contribution in [2.45, 2.75) is 44.8 Å². The van der Waals surface area contributed by atoms with Gasteiger partial charge in [-0.1, -0.05) is 6.92 Å². The van der Waals surface area contributed by atoms with Crippen molar-refractivity contribution in [1.29, 1.82) is 0 Å². The summed E-state index contributed by atoms with van der Waals surface area (Å²) < 4.78 is 5.66. The van der Waals surface area contributed by atoms with E-state index in [2.05, 4.69) is 10.3 Å². The molecule has 2 rings (SSSR count). The van der Waals surface area contributed by atoms with Gasteiger partial charge >= 0.3 is 0 Å². The molecule has 0 aliphatic heterocycles. The zero-order chi connectivity index (χ0) is 13.7. The SMILES string of the molecule is CCC(CO)NC(=O)c1ccnc(OC2CCC2)c1. The van der Waals surface area contributed by atoms with Crippen LogP contribution in [0.2, 0.25) is 0 Å². The predicted molar refractivity (Wildman–Crippen MR) is 71.1 cm³/mol. The number of rotatable bonds is 6. The first-order valence-electron chi connectivity index (χ1n) is 6.77. The number of hydrogen-bond donors (Lipinski definition) is 2. The summed E-state index contributed by atoms with van der Waals surface area (Å²) in [7, 11) is 0. The molecule has 0 bridgehead atoms. The van der Waals surface area contributed by atoms with Gasteiger partial charge in [0.05, 0.1) is 12.6 Å². The fourth-order valence-corrected chi connectivity index (χ4v) is 1.82. The molecule has 5 nitrogen and oxygen atoms in total. The summed E-state index contributed by atoms with van der Waals surface area (Å²) in [5.41, 5.74) is 0.510. The highest BCUT2D eigenvalue weighted by Crippen LogP contribution is 2.24. The Labute approximate surface area is 113 Å². The molecule has 1 fully saturated rings. The number of ether oxygens (including phenoxy) is 1. The summed E-state index contributed by atoms with van der Waals surface area (Å²) in [6.07, 6.45) is 5.81. The molecule has 1 aliphatic carbocycles. The third-order valence-electron chi connectivity index (χ3n) is 3.39. The lowest BCUT2D eigenvalue weighted by Crippen LogP contribution is -2.37. The predicted octanol–water partition coefficient (Wildman–Crippen LogP) is 1.51. The van der Waals surface area contributed by atoms with E-state index in [0.29, 0.717) is 17.9 Å². The van der Waals surface area contributed by atoms with Crippen LogP contribution < -0.4 is 10.1 Å². The molecular formula is C14H20N2O3. The second-order valence-corrected chi connectivity index (χ2v) is 4.81. The molecule has 0 saturated heterocycles. The topological polar surface area (TPSA) is 71.5 Å². The molecule has 1 atom stereocenters. The first kappa shape index (κ1) is 13.8. The van der Waals surface area contributed by atoms with Crippen LogP contribution in [0.15, 0.2) is 18.3 Å². The summed E-state index contributed by atoms with van der Waals surface area (Å²) >= 11 is 0. The molecule has 2 N–H and O–H groups in total. The van der Waals surface area contributed by atoms with E-state index >= 15 is 0 Å². The minimum absolute atomic E-state index is 0.0568. The summed E-state index contributed by atoms with van der Waals surface area (Å²) in [5.74, 6) is 0.288. The molecule has 1 saturated carbocycles. The number of amides is 1. The Morgan fingerprint density at radius 3 is 3.00 bits per heavy atom. The lowest BCUT2D eigenvalue weighted by molar-refractivity contribution is 0.0910. The van der Waals surface area contributed by atoms with E-state index in [4.69, 9.17) is 9.84 Å². The molecule has 1 aromatic heterocycles. The van der Waals surface area contributed by atoms with Gasteiger partial charge in [-0.2, -0.15) is 0 Å². The average Bonchev–Trinajstić information content (AvgIpc) is 2.40. The zero-order valence-electron chi connectivity index (χ0n) is 11.1. The second kappa shape index (κ2) is 6.52. The van der Waals surface area contributed by atoms with Crippen LogP contribution >= 0.6 is 0 Å². The summed E-state index contributed by atoms with van der Waals surface area (Å²) in [6, 6.07) is 3.09. The third-order valence-corrected chi connectivity index (χ3v) is 3.39. The van der Waals surface area contributed by atoms with Gasteiger partial charge in [0.25, 0.3) is 5.91 Å². The zero-order valence-corrected chi connectivity index (χ0v) is 11.1. The third kappa shape index (κ3) is 3.67. The van der Waals surface area contributed by atoms with Gasteiger partial charge in [-0.15, -0.1) is 0 Å². The highest BCUT2D eigenvalue weighted by molar-refractivity contribution is 5.94. The fraction of sp³-hybridized carbons (Fsp3) is 0.571. The number of aliphatic hydroxyl groups excluding tert-OH is 1. The van der Waals surface area contributed by atoms with E-state index in [1.54, 1.807) is 18.3 Å². The molecule has 5 heteroatoms. The minimum Gasteiger partial charge on any atom is -0.474 e.